The Balaban J connectivity index is 1.54. The second kappa shape index (κ2) is 5.66. The van der Waals surface area contributed by atoms with Gasteiger partial charge in [0, 0.05) is 17.8 Å². The van der Waals surface area contributed by atoms with Gasteiger partial charge in [-0.25, -0.2) is 0 Å². The Kier molecular flexibility index (Phi) is 3.95. The number of fused-ring (bicyclic) bond motifs is 1. The molecule has 0 aromatic heterocycles. The third-order valence-corrected chi connectivity index (χ3v) is 5.57. The van der Waals surface area contributed by atoms with Gasteiger partial charge in [-0.3, -0.25) is 0 Å². The summed E-state index contributed by atoms with van der Waals surface area (Å²) < 4.78 is 0. The van der Waals surface area contributed by atoms with Crippen LogP contribution in [-0.4, -0.2) is 17.5 Å². The molecule has 2 atom stereocenters. The molecule has 1 fully saturated rings. The molecule has 0 saturated heterocycles. The van der Waals surface area contributed by atoms with Crippen LogP contribution in [0.3, 0.4) is 0 Å². The zero-order chi connectivity index (χ0) is 12.4. The van der Waals surface area contributed by atoms with E-state index in [2.05, 4.69) is 29.8 Å². The highest BCUT2D eigenvalue weighted by Crippen LogP contribution is 2.28. The first-order chi connectivity index (χ1) is 8.85. The van der Waals surface area contributed by atoms with Crippen LogP contribution in [0.15, 0.2) is 18.2 Å². The van der Waals surface area contributed by atoms with Crippen molar-refractivity contribution in [1.29, 1.82) is 0 Å². The van der Waals surface area contributed by atoms with E-state index < -0.39 is 0 Å². The van der Waals surface area contributed by atoms with Crippen molar-refractivity contribution in [2.24, 2.45) is 0 Å². The van der Waals surface area contributed by atoms with E-state index in [4.69, 9.17) is 0 Å². The van der Waals surface area contributed by atoms with Crippen LogP contribution >= 0.6 is 11.8 Å². The molecular weight excluding hydrogens is 238 g/mol. The summed E-state index contributed by atoms with van der Waals surface area (Å²) in [5.41, 5.74) is 4.66. The molecule has 3 rings (SSSR count). The SMILES string of the molecule is CSC1CCC(NCc2ccc3c(c2)CCC3)C1. The van der Waals surface area contributed by atoms with Crippen molar-refractivity contribution in [3.05, 3.63) is 34.9 Å². The number of hydrogen-bond donors (Lipinski definition) is 1. The van der Waals surface area contributed by atoms with E-state index in [-0.39, 0.29) is 0 Å². The lowest BCUT2D eigenvalue weighted by molar-refractivity contribution is 0.525. The van der Waals surface area contributed by atoms with Crippen molar-refractivity contribution in [2.75, 3.05) is 6.26 Å². The van der Waals surface area contributed by atoms with Crippen molar-refractivity contribution in [1.82, 2.24) is 5.32 Å². The molecule has 1 aromatic carbocycles. The predicted molar refractivity (Wildman–Crippen MR) is 80.2 cm³/mol. The summed E-state index contributed by atoms with van der Waals surface area (Å²) in [6, 6.07) is 7.84. The largest absolute Gasteiger partial charge is 0.310 e. The molecule has 1 nitrogen and oxygen atoms in total. The maximum Gasteiger partial charge on any atom is 0.0208 e. The first-order valence-corrected chi connectivity index (χ1v) is 8.51. The summed E-state index contributed by atoms with van der Waals surface area (Å²) in [5.74, 6) is 0. The first-order valence-electron chi connectivity index (χ1n) is 7.22. The third kappa shape index (κ3) is 2.75. The molecule has 0 spiro atoms. The lowest BCUT2D eigenvalue weighted by Gasteiger charge is -2.13. The molecule has 1 saturated carbocycles. The summed E-state index contributed by atoms with van der Waals surface area (Å²) in [7, 11) is 0. The van der Waals surface area contributed by atoms with Crippen LogP contribution < -0.4 is 5.32 Å². The van der Waals surface area contributed by atoms with Crippen LogP contribution in [0.1, 0.15) is 42.4 Å². The molecule has 2 unspecified atom stereocenters. The Hall–Kier alpha value is -0.470. The summed E-state index contributed by atoms with van der Waals surface area (Å²) in [5, 5.41) is 4.63. The highest BCUT2D eigenvalue weighted by atomic mass is 32.2. The Labute approximate surface area is 115 Å². The minimum atomic E-state index is 0.746. The van der Waals surface area contributed by atoms with Gasteiger partial charge in [0.25, 0.3) is 0 Å². The molecule has 0 aliphatic heterocycles. The molecule has 0 amide bonds. The van der Waals surface area contributed by atoms with Gasteiger partial charge in [0.2, 0.25) is 0 Å². The fourth-order valence-electron chi connectivity index (χ4n) is 3.34. The van der Waals surface area contributed by atoms with Crippen molar-refractivity contribution >= 4 is 11.8 Å². The average molecular weight is 261 g/mol. The van der Waals surface area contributed by atoms with E-state index in [1.54, 1.807) is 11.1 Å². The molecule has 0 heterocycles. The third-order valence-electron chi connectivity index (χ3n) is 4.48. The fraction of sp³-hybridized carbons (Fsp3) is 0.625. The Morgan fingerprint density at radius 3 is 2.94 bits per heavy atom. The van der Waals surface area contributed by atoms with Crippen molar-refractivity contribution in [3.63, 3.8) is 0 Å². The van der Waals surface area contributed by atoms with Gasteiger partial charge in [-0.1, -0.05) is 18.2 Å². The van der Waals surface area contributed by atoms with E-state index in [0.717, 1.165) is 17.8 Å². The van der Waals surface area contributed by atoms with E-state index >= 15 is 0 Å². The van der Waals surface area contributed by atoms with Gasteiger partial charge in [0.1, 0.15) is 0 Å². The molecular formula is C16H23NS. The van der Waals surface area contributed by atoms with Gasteiger partial charge in [-0.05, 0) is 61.5 Å². The lowest BCUT2D eigenvalue weighted by atomic mass is 10.1. The number of aryl methyl sites for hydroxylation is 2. The normalized spacial score (nSPS) is 26.5. The molecule has 98 valence electrons. The van der Waals surface area contributed by atoms with Gasteiger partial charge in [-0.15, -0.1) is 0 Å². The van der Waals surface area contributed by atoms with Crippen molar-refractivity contribution in [3.8, 4) is 0 Å². The molecule has 18 heavy (non-hydrogen) atoms. The maximum absolute atomic E-state index is 3.74. The average Bonchev–Trinajstić information content (AvgIpc) is 3.04. The minimum absolute atomic E-state index is 0.746. The maximum atomic E-state index is 3.74. The smallest absolute Gasteiger partial charge is 0.0208 e. The number of thioether (sulfide) groups is 1. The van der Waals surface area contributed by atoms with Crippen LogP contribution in [-0.2, 0) is 19.4 Å². The first kappa shape index (κ1) is 12.6. The predicted octanol–water partition coefficient (Wildman–Crippen LogP) is 3.55. The van der Waals surface area contributed by atoms with Gasteiger partial charge in [0.15, 0.2) is 0 Å². The van der Waals surface area contributed by atoms with E-state index in [0.29, 0.717) is 0 Å². The van der Waals surface area contributed by atoms with E-state index in [1.165, 1.54) is 44.1 Å². The molecule has 1 aromatic rings. The quantitative estimate of drug-likeness (QED) is 0.889. The number of benzene rings is 1. The molecule has 2 aliphatic rings. The van der Waals surface area contributed by atoms with Crippen LogP contribution in [0.4, 0.5) is 0 Å². The molecule has 0 radical (unpaired) electrons. The van der Waals surface area contributed by atoms with Gasteiger partial charge in [-0.2, -0.15) is 11.8 Å². The Morgan fingerprint density at radius 1 is 1.22 bits per heavy atom. The summed E-state index contributed by atoms with van der Waals surface area (Å²) in [6.45, 7) is 1.05. The Bertz CT molecular complexity index is 416. The highest BCUT2D eigenvalue weighted by molar-refractivity contribution is 7.99. The summed E-state index contributed by atoms with van der Waals surface area (Å²) >= 11 is 2.03. The monoisotopic (exact) mass is 261 g/mol. The fourth-order valence-corrected chi connectivity index (χ4v) is 4.13. The lowest BCUT2D eigenvalue weighted by Crippen LogP contribution is -2.26. The molecule has 0 bridgehead atoms. The van der Waals surface area contributed by atoms with Crippen LogP contribution in [0.5, 0.6) is 0 Å². The minimum Gasteiger partial charge on any atom is -0.310 e. The zero-order valence-corrected chi connectivity index (χ0v) is 12.1. The second-order valence-corrected chi connectivity index (χ2v) is 6.84. The number of hydrogen-bond acceptors (Lipinski definition) is 2. The van der Waals surface area contributed by atoms with Gasteiger partial charge in [0.05, 0.1) is 0 Å². The second-order valence-electron chi connectivity index (χ2n) is 5.71. The highest BCUT2D eigenvalue weighted by Gasteiger charge is 2.23. The van der Waals surface area contributed by atoms with Gasteiger partial charge >= 0.3 is 0 Å². The van der Waals surface area contributed by atoms with Crippen LogP contribution in [0.25, 0.3) is 0 Å². The summed E-state index contributed by atoms with van der Waals surface area (Å²) in [6.07, 6.45) is 10.3. The number of rotatable bonds is 4. The van der Waals surface area contributed by atoms with Crippen molar-refractivity contribution in [2.45, 2.75) is 56.4 Å². The van der Waals surface area contributed by atoms with Gasteiger partial charge < -0.3 is 5.32 Å². The Morgan fingerprint density at radius 2 is 2.11 bits per heavy atom. The summed E-state index contributed by atoms with van der Waals surface area (Å²) in [4.78, 5) is 0. The number of nitrogens with one attached hydrogen (secondary N) is 1. The topological polar surface area (TPSA) is 12.0 Å². The van der Waals surface area contributed by atoms with Crippen LogP contribution in [0, 0.1) is 0 Å². The molecule has 2 aliphatic carbocycles. The zero-order valence-electron chi connectivity index (χ0n) is 11.2. The standard InChI is InChI=1S/C16H23NS/c1-18-16-8-7-15(10-16)17-11-12-5-6-13-3-2-4-14(13)9-12/h5-6,9,15-17H,2-4,7-8,10-11H2,1H3. The molecule has 2 heteroatoms. The van der Waals surface area contributed by atoms with Crippen LogP contribution in [0.2, 0.25) is 0 Å². The van der Waals surface area contributed by atoms with Crippen molar-refractivity contribution < 1.29 is 0 Å². The van der Waals surface area contributed by atoms with E-state index in [9.17, 15) is 0 Å². The molecule has 1 N–H and O–H groups in total. The van der Waals surface area contributed by atoms with E-state index in [1.807, 2.05) is 11.8 Å².